The molecule has 1 N–H and O–H groups in total. The minimum absolute atomic E-state index is 0.195. The number of carbonyl (C=O) groups is 1. The predicted octanol–water partition coefficient (Wildman–Crippen LogP) is -0.287. The van der Waals surface area contributed by atoms with Crippen LogP contribution in [0.4, 0.5) is 0 Å². The van der Waals surface area contributed by atoms with Crippen molar-refractivity contribution < 1.29 is 24.1 Å². The van der Waals surface area contributed by atoms with Crippen molar-refractivity contribution in [3.8, 4) is 0 Å². The maximum Gasteiger partial charge on any atom is 0.303 e. The summed E-state index contributed by atoms with van der Waals surface area (Å²) >= 11 is 0. The molecule has 8 heteroatoms. The van der Waals surface area contributed by atoms with E-state index in [1.54, 1.807) is 0 Å². The van der Waals surface area contributed by atoms with Gasteiger partial charge in [0.15, 0.2) is 6.29 Å². The third kappa shape index (κ3) is 1.83. The van der Waals surface area contributed by atoms with Gasteiger partial charge >= 0.3 is 5.97 Å². The van der Waals surface area contributed by atoms with Gasteiger partial charge in [-0.15, -0.1) is 0 Å². The first-order chi connectivity index (χ1) is 7.63. The first-order valence-electron chi connectivity index (χ1n) is 4.80. The van der Waals surface area contributed by atoms with Gasteiger partial charge in [0.25, 0.3) is 0 Å². The van der Waals surface area contributed by atoms with Crippen LogP contribution in [0.1, 0.15) is 6.92 Å². The Hall–Kier alpha value is -1.34. The van der Waals surface area contributed by atoms with Crippen LogP contribution in [0.15, 0.2) is 5.11 Å². The van der Waals surface area contributed by atoms with E-state index in [9.17, 15) is 9.90 Å². The second-order valence-corrected chi connectivity index (χ2v) is 3.64. The highest BCUT2D eigenvalue weighted by molar-refractivity contribution is 5.66. The fourth-order valence-electron chi connectivity index (χ4n) is 1.88. The summed E-state index contributed by atoms with van der Waals surface area (Å²) in [6.45, 7) is 1.42. The van der Waals surface area contributed by atoms with Crippen LogP contribution in [0, 0.1) is 0 Å². The average Bonchev–Trinajstić information content (AvgIpc) is 2.66. The van der Waals surface area contributed by atoms with Crippen LogP contribution in [-0.2, 0) is 19.0 Å². The van der Waals surface area contributed by atoms with Crippen molar-refractivity contribution in [1.29, 1.82) is 0 Å². The average molecular weight is 229 g/mol. The van der Waals surface area contributed by atoms with E-state index in [0.29, 0.717) is 0 Å². The summed E-state index contributed by atoms with van der Waals surface area (Å²) in [5.74, 6) is -0.552. The number of fused-ring (bicyclic) bond motifs is 2. The summed E-state index contributed by atoms with van der Waals surface area (Å²) < 4.78 is 15.4. The molecule has 3 unspecified atom stereocenters. The van der Waals surface area contributed by atoms with Crippen LogP contribution in [-0.4, -0.2) is 48.3 Å². The van der Waals surface area contributed by atoms with Crippen molar-refractivity contribution in [2.24, 2.45) is 5.11 Å². The first kappa shape index (κ1) is 11.2. The van der Waals surface area contributed by atoms with Gasteiger partial charge in [0.2, 0.25) is 0 Å². The molecule has 0 amide bonds. The smallest absolute Gasteiger partial charge is 0.303 e. The molecule has 2 rings (SSSR count). The number of carbonyl (C=O) groups excluding carboxylic acids is 1. The molecule has 0 radical (unpaired) electrons. The van der Waals surface area contributed by atoms with Crippen LogP contribution < -0.4 is 0 Å². The summed E-state index contributed by atoms with van der Waals surface area (Å²) in [4.78, 5) is 13.5. The Kier molecular flexibility index (Phi) is 2.97. The van der Waals surface area contributed by atoms with Gasteiger partial charge in [0, 0.05) is 11.8 Å². The lowest BCUT2D eigenvalue weighted by atomic mass is 9.99. The topological polar surface area (TPSA) is 114 Å². The zero-order valence-electron chi connectivity index (χ0n) is 8.52. The molecule has 2 saturated heterocycles. The molecule has 5 atom stereocenters. The first-order valence-corrected chi connectivity index (χ1v) is 4.80. The number of rotatable bonds is 2. The van der Waals surface area contributed by atoms with Crippen molar-refractivity contribution in [3.05, 3.63) is 10.4 Å². The van der Waals surface area contributed by atoms with Crippen molar-refractivity contribution in [2.45, 2.75) is 37.6 Å². The molecular formula is C8H11N3O5. The SMILES string of the molecule is CC(=O)OC1C(N=[N+]=[N-])[C@@H]2OCC(O2)[C@H]1O. The molecular weight excluding hydrogens is 218 g/mol. The highest BCUT2D eigenvalue weighted by Crippen LogP contribution is 2.31. The van der Waals surface area contributed by atoms with Crippen LogP contribution in [0.2, 0.25) is 0 Å². The number of hydrogen-bond donors (Lipinski definition) is 1. The van der Waals surface area contributed by atoms with E-state index in [0.717, 1.165) is 0 Å². The predicted molar refractivity (Wildman–Crippen MR) is 49.1 cm³/mol. The van der Waals surface area contributed by atoms with Crippen LogP contribution >= 0.6 is 0 Å². The maximum absolute atomic E-state index is 10.9. The number of esters is 1. The third-order valence-electron chi connectivity index (χ3n) is 2.55. The van der Waals surface area contributed by atoms with Gasteiger partial charge in [0.1, 0.15) is 24.4 Å². The molecule has 0 aromatic rings. The normalized spacial score (nSPS) is 41.2. The van der Waals surface area contributed by atoms with E-state index in [4.69, 9.17) is 19.7 Å². The van der Waals surface area contributed by atoms with Gasteiger partial charge in [-0.05, 0) is 5.53 Å². The molecule has 0 spiro atoms. The third-order valence-corrected chi connectivity index (χ3v) is 2.55. The highest BCUT2D eigenvalue weighted by Gasteiger charge is 2.51. The Labute approximate surface area is 90.7 Å². The molecule has 2 fully saturated rings. The molecule has 88 valence electrons. The molecule has 2 heterocycles. The fraction of sp³-hybridized carbons (Fsp3) is 0.875. The summed E-state index contributed by atoms with van der Waals surface area (Å²) in [7, 11) is 0. The number of azide groups is 1. The summed E-state index contributed by atoms with van der Waals surface area (Å²) in [5.41, 5.74) is 8.41. The molecule has 2 aliphatic heterocycles. The quantitative estimate of drug-likeness (QED) is 0.302. The van der Waals surface area contributed by atoms with E-state index in [1.165, 1.54) is 6.92 Å². The minimum Gasteiger partial charge on any atom is -0.459 e. The number of aliphatic hydroxyl groups is 1. The van der Waals surface area contributed by atoms with Gasteiger partial charge in [0.05, 0.1) is 6.61 Å². The van der Waals surface area contributed by atoms with E-state index in [2.05, 4.69) is 10.0 Å². The standard InChI is InChI=1S/C8H11N3O5/c1-3(12)15-7-5(10-11-9)8-14-2-4(16-8)6(7)13/h4-8,13H,2H2,1H3/t4?,5?,6-,7?,8-/m1/s1. The summed E-state index contributed by atoms with van der Waals surface area (Å²) in [6.07, 6.45) is -3.26. The van der Waals surface area contributed by atoms with Crippen molar-refractivity contribution in [1.82, 2.24) is 0 Å². The van der Waals surface area contributed by atoms with Gasteiger partial charge in [-0.2, -0.15) is 0 Å². The van der Waals surface area contributed by atoms with E-state index in [-0.39, 0.29) is 6.61 Å². The molecule has 2 aliphatic rings. The van der Waals surface area contributed by atoms with E-state index < -0.39 is 36.6 Å². The minimum atomic E-state index is -1.04. The Balaban J connectivity index is 2.22. The second-order valence-electron chi connectivity index (χ2n) is 3.64. The molecule has 16 heavy (non-hydrogen) atoms. The number of nitrogens with zero attached hydrogens (tertiary/aromatic N) is 3. The van der Waals surface area contributed by atoms with E-state index >= 15 is 0 Å². The van der Waals surface area contributed by atoms with Crippen molar-refractivity contribution >= 4 is 5.97 Å². The molecule has 2 bridgehead atoms. The fourth-order valence-corrected chi connectivity index (χ4v) is 1.88. The molecule has 8 nitrogen and oxygen atoms in total. The summed E-state index contributed by atoms with van der Waals surface area (Å²) in [5, 5.41) is 13.3. The van der Waals surface area contributed by atoms with E-state index in [1.807, 2.05) is 0 Å². The Bertz CT molecular complexity index is 343. The van der Waals surface area contributed by atoms with Crippen LogP contribution in [0.5, 0.6) is 0 Å². The van der Waals surface area contributed by atoms with Gasteiger partial charge < -0.3 is 19.3 Å². The second kappa shape index (κ2) is 4.26. The van der Waals surface area contributed by atoms with Crippen molar-refractivity contribution in [2.75, 3.05) is 6.61 Å². The van der Waals surface area contributed by atoms with Crippen LogP contribution in [0.3, 0.4) is 0 Å². The number of ether oxygens (including phenoxy) is 3. The monoisotopic (exact) mass is 229 g/mol. The maximum atomic E-state index is 10.9. The Morgan fingerprint density at radius 1 is 1.69 bits per heavy atom. The zero-order chi connectivity index (χ0) is 11.7. The lowest BCUT2D eigenvalue weighted by Crippen LogP contribution is -2.54. The summed E-state index contributed by atoms with van der Waals surface area (Å²) in [6, 6.07) is -0.859. The number of aliphatic hydroxyl groups excluding tert-OH is 1. The van der Waals surface area contributed by atoms with Gasteiger partial charge in [-0.3, -0.25) is 4.79 Å². The number of hydrogen-bond acceptors (Lipinski definition) is 6. The lowest BCUT2D eigenvalue weighted by molar-refractivity contribution is -0.196. The molecule has 0 aromatic carbocycles. The Morgan fingerprint density at radius 3 is 3.06 bits per heavy atom. The molecule has 0 aromatic heterocycles. The zero-order valence-corrected chi connectivity index (χ0v) is 8.52. The Morgan fingerprint density at radius 2 is 2.44 bits per heavy atom. The van der Waals surface area contributed by atoms with Gasteiger partial charge in [-0.1, -0.05) is 5.11 Å². The molecule has 0 aliphatic carbocycles. The highest BCUT2D eigenvalue weighted by atomic mass is 16.7. The largest absolute Gasteiger partial charge is 0.459 e. The van der Waals surface area contributed by atoms with Gasteiger partial charge in [-0.25, -0.2) is 0 Å². The van der Waals surface area contributed by atoms with Crippen LogP contribution in [0.25, 0.3) is 10.4 Å². The van der Waals surface area contributed by atoms with Crippen molar-refractivity contribution in [3.63, 3.8) is 0 Å². The molecule has 0 saturated carbocycles. The lowest BCUT2D eigenvalue weighted by Gasteiger charge is -2.35.